The van der Waals surface area contributed by atoms with Crippen LogP contribution >= 0.6 is 0 Å². The fourth-order valence-electron chi connectivity index (χ4n) is 0.203. The van der Waals surface area contributed by atoms with E-state index in [0.717, 1.165) is 6.29 Å². The normalized spacial score (nSPS) is 6.39. The molecule has 0 unspecified atom stereocenters. The molecule has 140 valence electrons. The fraction of sp³-hybridized carbons (Fsp3) is 0.750. The zero-order valence-corrected chi connectivity index (χ0v) is 16.0. The molecule has 0 spiro atoms. The van der Waals surface area contributed by atoms with Gasteiger partial charge < -0.3 is 24.5 Å². The average Bonchev–Trinajstić information content (AvgIpc) is 2.29. The Bertz CT molecular complexity index is 253. The Morgan fingerprint density at radius 2 is 1.35 bits per heavy atom. The number of esters is 1. The minimum atomic E-state index is -0.211. The summed E-state index contributed by atoms with van der Waals surface area (Å²) >= 11 is 0. The molecule has 23 heavy (non-hydrogen) atoms. The highest BCUT2D eigenvalue weighted by Gasteiger charge is 1.81. The second kappa shape index (κ2) is 50.0. The van der Waals surface area contributed by atoms with Gasteiger partial charge in [0.15, 0.2) is 0 Å². The first-order valence-electron chi connectivity index (χ1n) is 7.08. The predicted octanol–water partition coefficient (Wildman–Crippen LogP) is 2.29. The molecule has 0 aromatic rings. The van der Waals surface area contributed by atoms with Crippen molar-refractivity contribution in [1.29, 1.82) is 5.26 Å². The van der Waals surface area contributed by atoms with Crippen molar-refractivity contribution in [3.8, 4) is 6.07 Å². The standard InChI is InChI=1S/C4H8O2.C3H8O.C3H6O.C2H3N.C2H6O.C2H4O/c1-3-6-4(2)5;2*1-3(2)4;3*1-2-3/h3H2,1-2H3;3-4H,1-2H3;1-2H3;1H3;3H,2H2,1H3;2H,1H3. The number of aliphatic hydroxyl groups is 2. The van der Waals surface area contributed by atoms with Crippen LogP contribution in [0, 0.1) is 11.3 Å². The second-order valence-electron chi connectivity index (χ2n) is 3.70. The smallest absolute Gasteiger partial charge is 0.302 e. The second-order valence-corrected chi connectivity index (χ2v) is 3.70. The lowest BCUT2D eigenvalue weighted by atomic mass is 10.5. The predicted molar refractivity (Wildman–Crippen MR) is 91.8 cm³/mol. The van der Waals surface area contributed by atoms with Crippen molar-refractivity contribution in [2.45, 2.75) is 68.4 Å². The van der Waals surface area contributed by atoms with Crippen LogP contribution in [0.3, 0.4) is 0 Å². The molecule has 0 radical (unpaired) electrons. The SMILES string of the molecule is CC#N.CC(C)=O.CC(C)O.CC=O.CCO.CCOC(C)=O. The summed E-state index contributed by atoms with van der Waals surface area (Å²) in [5, 5.41) is 22.9. The summed E-state index contributed by atoms with van der Waals surface area (Å²) in [7, 11) is 0. The number of nitrogens with zero attached hydrogens (tertiary/aromatic N) is 1. The molecule has 0 atom stereocenters. The Morgan fingerprint density at radius 1 is 1.22 bits per heavy atom. The molecule has 7 heteroatoms. The van der Waals surface area contributed by atoms with Gasteiger partial charge in [-0.15, -0.1) is 0 Å². The molecule has 0 amide bonds. The largest absolute Gasteiger partial charge is 0.466 e. The molecule has 0 saturated carbocycles. The first-order chi connectivity index (χ1) is 10.5. The molecule has 7 nitrogen and oxygen atoms in total. The first kappa shape index (κ1) is 37.5. The number of Topliss-reactive ketones (excluding diaryl/α,β-unsaturated/α-hetero) is 1. The van der Waals surface area contributed by atoms with E-state index in [1.807, 2.05) is 0 Å². The van der Waals surface area contributed by atoms with Gasteiger partial charge in [-0.1, -0.05) is 0 Å². The van der Waals surface area contributed by atoms with Crippen molar-refractivity contribution < 1.29 is 29.3 Å². The molecule has 0 aromatic carbocycles. The Morgan fingerprint density at radius 3 is 1.35 bits per heavy atom. The Balaban J connectivity index is -0.0000000387. The third-order valence-corrected chi connectivity index (χ3v) is 0.348. The van der Waals surface area contributed by atoms with E-state index in [1.165, 1.54) is 34.6 Å². The van der Waals surface area contributed by atoms with Crippen LogP contribution in [0.2, 0.25) is 0 Å². The Hall–Kier alpha value is -1.78. The summed E-state index contributed by atoms with van der Waals surface area (Å²) in [6.45, 7) is 15.0. The van der Waals surface area contributed by atoms with Gasteiger partial charge in [0.1, 0.15) is 12.1 Å². The highest BCUT2D eigenvalue weighted by molar-refractivity contribution is 5.72. The lowest BCUT2D eigenvalue weighted by Gasteiger charge is -1.89. The maximum Gasteiger partial charge on any atom is 0.302 e. The quantitative estimate of drug-likeness (QED) is 0.555. The summed E-state index contributed by atoms with van der Waals surface area (Å²) in [6, 6.07) is 1.75. The molecular formula is C16H35NO6. The van der Waals surface area contributed by atoms with Gasteiger partial charge in [0.25, 0.3) is 0 Å². The van der Waals surface area contributed by atoms with Crippen molar-refractivity contribution >= 4 is 18.0 Å². The number of hydrogen-bond donors (Lipinski definition) is 2. The molecule has 0 bridgehead atoms. The van der Waals surface area contributed by atoms with Gasteiger partial charge in [-0.2, -0.15) is 5.26 Å². The van der Waals surface area contributed by atoms with Crippen molar-refractivity contribution in [3.05, 3.63) is 0 Å². The molecule has 0 fully saturated rings. The minimum absolute atomic E-state index is 0.167. The highest BCUT2D eigenvalue weighted by atomic mass is 16.5. The van der Waals surface area contributed by atoms with Crippen LogP contribution in [0.25, 0.3) is 0 Å². The fourth-order valence-corrected chi connectivity index (χ4v) is 0.203. The molecule has 0 saturated heterocycles. The molecule has 2 N–H and O–H groups in total. The number of ether oxygens (including phenoxy) is 1. The monoisotopic (exact) mass is 337 g/mol. The van der Waals surface area contributed by atoms with Gasteiger partial charge in [-0.25, -0.2) is 0 Å². The maximum absolute atomic E-state index is 9.82. The van der Waals surface area contributed by atoms with Gasteiger partial charge in [0.05, 0.1) is 12.7 Å². The van der Waals surface area contributed by atoms with Crippen molar-refractivity contribution in [3.63, 3.8) is 0 Å². The number of ketones is 1. The van der Waals surface area contributed by atoms with E-state index < -0.39 is 0 Å². The molecule has 0 aliphatic carbocycles. The number of nitriles is 1. The average molecular weight is 337 g/mol. The van der Waals surface area contributed by atoms with E-state index in [4.69, 9.17) is 20.3 Å². The lowest BCUT2D eigenvalue weighted by molar-refractivity contribution is -0.140. The summed E-state index contributed by atoms with van der Waals surface area (Å²) in [5.41, 5.74) is 0. The molecule has 0 aliphatic heterocycles. The Kier molecular flexibility index (Phi) is 81.5. The van der Waals surface area contributed by atoms with Crippen molar-refractivity contribution in [2.75, 3.05) is 13.2 Å². The molecule has 0 heterocycles. The molecule has 0 aliphatic rings. The first-order valence-corrected chi connectivity index (χ1v) is 7.08. The van der Waals surface area contributed by atoms with E-state index in [-0.39, 0.29) is 24.5 Å². The van der Waals surface area contributed by atoms with Crippen LogP contribution in [-0.4, -0.2) is 47.6 Å². The van der Waals surface area contributed by atoms with Gasteiger partial charge in [0.2, 0.25) is 0 Å². The van der Waals surface area contributed by atoms with E-state index in [0.29, 0.717) is 6.61 Å². The van der Waals surface area contributed by atoms with Gasteiger partial charge in [0, 0.05) is 26.6 Å². The zero-order chi connectivity index (χ0) is 20.3. The number of carbonyl (C=O) groups excluding carboxylic acids is 3. The number of aldehydes is 1. The van der Waals surface area contributed by atoms with E-state index >= 15 is 0 Å². The molecular weight excluding hydrogens is 302 g/mol. The van der Waals surface area contributed by atoms with Gasteiger partial charge in [-0.05, 0) is 48.5 Å². The summed E-state index contributed by atoms with van der Waals surface area (Å²) < 4.78 is 4.40. The number of aliphatic hydroxyl groups excluding tert-OH is 2. The van der Waals surface area contributed by atoms with Crippen LogP contribution < -0.4 is 0 Å². The van der Waals surface area contributed by atoms with E-state index in [2.05, 4.69) is 4.74 Å². The van der Waals surface area contributed by atoms with Gasteiger partial charge in [-0.3, -0.25) is 4.79 Å². The summed E-state index contributed by atoms with van der Waals surface area (Å²) in [6.07, 6.45) is 0.583. The number of hydrogen-bond acceptors (Lipinski definition) is 7. The highest BCUT2D eigenvalue weighted by Crippen LogP contribution is 1.69. The van der Waals surface area contributed by atoms with Crippen LogP contribution in [-0.2, 0) is 19.1 Å². The molecule has 0 aromatic heterocycles. The lowest BCUT2D eigenvalue weighted by Crippen LogP contribution is -1.95. The van der Waals surface area contributed by atoms with E-state index in [9.17, 15) is 9.59 Å². The van der Waals surface area contributed by atoms with E-state index in [1.54, 1.807) is 33.8 Å². The van der Waals surface area contributed by atoms with Crippen LogP contribution in [0.4, 0.5) is 0 Å². The van der Waals surface area contributed by atoms with Crippen LogP contribution in [0.15, 0.2) is 0 Å². The number of carbonyl (C=O) groups is 3. The van der Waals surface area contributed by atoms with Crippen LogP contribution in [0.1, 0.15) is 62.3 Å². The topological polar surface area (TPSA) is 125 Å². The summed E-state index contributed by atoms with van der Waals surface area (Å²) in [4.78, 5) is 28.1. The third kappa shape index (κ3) is 4510. The van der Waals surface area contributed by atoms with Gasteiger partial charge >= 0.3 is 5.97 Å². The molecule has 0 rings (SSSR count). The Labute approximate surface area is 141 Å². The number of rotatable bonds is 1. The van der Waals surface area contributed by atoms with Crippen molar-refractivity contribution in [2.24, 2.45) is 0 Å². The maximum atomic E-state index is 9.82. The third-order valence-electron chi connectivity index (χ3n) is 0.348. The van der Waals surface area contributed by atoms with Crippen molar-refractivity contribution in [1.82, 2.24) is 0 Å². The van der Waals surface area contributed by atoms with Crippen LogP contribution in [0.5, 0.6) is 0 Å². The zero-order valence-electron chi connectivity index (χ0n) is 16.0. The summed E-state index contributed by atoms with van der Waals surface area (Å²) in [5.74, 6) is -0.0440. The minimum Gasteiger partial charge on any atom is -0.466 e.